The number of carbonyl (C=O) groups excluding carboxylic acids is 2. The van der Waals surface area contributed by atoms with Gasteiger partial charge in [-0.05, 0) is 55.0 Å². The first-order valence-electron chi connectivity index (χ1n) is 11.3. The largest absolute Gasteiger partial charge is 0.348 e. The predicted molar refractivity (Wildman–Crippen MR) is 138 cm³/mol. The molecule has 4 rings (SSSR count). The van der Waals surface area contributed by atoms with Crippen LogP contribution in [0.25, 0.3) is 0 Å². The third kappa shape index (κ3) is 5.86. The molecular weight excluding hydrogens is 482 g/mol. The van der Waals surface area contributed by atoms with Crippen LogP contribution in [0.15, 0.2) is 82.6 Å². The molecule has 0 unspecified atom stereocenters. The molecule has 1 aliphatic heterocycles. The molecule has 2 amide bonds. The number of hydrogen-bond acceptors (Lipinski definition) is 5. The molecule has 0 aliphatic carbocycles. The number of carbonyl (C=O) groups is 2. The Bertz CT molecular complexity index is 1320. The van der Waals surface area contributed by atoms with E-state index in [-0.39, 0.29) is 22.1 Å². The van der Waals surface area contributed by atoms with Gasteiger partial charge in [-0.3, -0.25) is 14.3 Å². The van der Waals surface area contributed by atoms with E-state index in [0.717, 1.165) is 23.3 Å². The number of benzene rings is 3. The fourth-order valence-corrected chi connectivity index (χ4v) is 5.64. The lowest BCUT2D eigenvalue weighted by atomic mass is 10.1. The fraction of sp³-hybridized carbons (Fsp3) is 0.231. The molecule has 1 saturated heterocycles. The van der Waals surface area contributed by atoms with Crippen LogP contribution in [0.4, 0.5) is 5.69 Å². The molecule has 0 bridgehead atoms. The molecule has 3 aromatic rings. The van der Waals surface area contributed by atoms with E-state index in [4.69, 9.17) is 0 Å². The second kappa shape index (κ2) is 11.0. The summed E-state index contributed by atoms with van der Waals surface area (Å²) in [6, 6.07) is 20.5. The number of para-hydroxylation sites is 1. The van der Waals surface area contributed by atoms with E-state index in [2.05, 4.69) is 10.0 Å². The molecule has 1 fully saturated rings. The Morgan fingerprint density at radius 2 is 1.60 bits per heavy atom. The molecule has 1 aliphatic rings. The molecule has 0 atom stereocenters. The van der Waals surface area contributed by atoms with Gasteiger partial charge in [-0.2, -0.15) is 0 Å². The SMILES string of the molecule is CSc1ccc(S(=O)(=O)Nc2ccccc2C(=O)NCc2ccccc2)cc1C(=O)N1CCCC1. The lowest BCUT2D eigenvalue weighted by Crippen LogP contribution is -2.28. The van der Waals surface area contributed by atoms with Crippen molar-refractivity contribution in [1.29, 1.82) is 0 Å². The summed E-state index contributed by atoms with van der Waals surface area (Å²) in [6.07, 6.45) is 3.75. The Hall–Kier alpha value is -3.30. The zero-order valence-corrected chi connectivity index (χ0v) is 21.0. The van der Waals surface area contributed by atoms with Crippen LogP contribution in [0.3, 0.4) is 0 Å². The highest BCUT2D eigenvalue weighted by molar-refractivity contribution is 7.98. The van der Waals surface area contributed by atoms with Crippen LogP contribution >= 0.6 is 11.8 Å². The number of sulfonamides is 1. The van der Waals surface area contributed by atoms with Crippen molar-refractivity contribution in [2.75, 3.05) is 24.1 Å². The summed E-state index contributed by atoms with van der Waals surface area (Å²) in [5.41, 5.74) is 1.68. The van der Waals surface area contributed by atoms with E-state index in [0.29, 0.717) is 25.2 Å². The minimum Gasteiger partial charge on any atom is -0.348 e. The van der Waals surface area contributed by atoms with E-state index in [1.54, 1.807) is 35.2 Å². The van der Waals surface area contributed by atoms with Gasteiger partial charge in [0.15, 0.2) is 0 Å². The number of thioether (sulfide) groups is 1. The van der Waals surface area contributed by atoms with E-state index >= 15 is 0 Å². The summed E-state index contributed by atoms with van der Waals surface area (Å²) in [6.45, 7) is 1.67. The Labute approximate surface area is 210 Å². The van der Waals surface area contributed by atoms with E-state index in [9.17, 15) is 18.0 Å². The maximum absolute atomic E-state index is 13.3. The van der Waals surface area contributed by atoms with E-state index < -0.39 is 15.9 Å². The lowest BCUT2D eigenvalue weighted by molar-refractivity contribution is 0.0788. The number of likely N-dealkylation sites (tertiary alicyclic amines) is 1. The molecule has 0 aromatic heterocycles. The molecule has 7 nitrogen and oxygen atoms in total. The monoisotopic (exact) mass is 509 g/mol. The molecule has 2 N–H and O–H groups in total. The average molecular weight is 510 g/mol. The van der Waals surface area contributed by atoms with Crippen LogP contribution in [-0.4, -0.2) is 44.5 Å². The number of rotatable bonds is 8. The van der Waals surface area contributed by atoms with Gasteiger partial charge < -0.3 is 10.2 Å². The zero-order valence-electron chi connectivity index (χ0n) is 19.4. The Morgan fingerprint density at radius 3 is 2.31 bits per heavy atom. The lowest BCUT2D eigenvalue weighted by Gasteiger charge is -2.18. The first-order chi connectivity index (χ1) is 16.9. The highest BCUT2D eigenvalue weighted by Gasteiger charge is 2.25. The number of nitrogens with zero attached hydrogens (tertiary/aromatic N) is 1. The molecule has 3 aromatic carbocycles. The van der Waals surface area contributed by atoms with Gasteiger partial charge in [0.1, 0.15) is 0 Å². The van der Waals surface area contributed by atoms with E-state index in [1.165, 1.54) is 23.9 Å². The van der Waals surface area contributed by atoms with Gasteiger partial charge in [0.05, 0.1) is 21.7 Å². The van der Waals surface area contributed by atoms with Gasteiger partial charge in [0, 0.05) is 24.5 Å². The van der Waals surface area contributed by atoms with Crippen LogP contribution < -0.4 is 10.0 Å². The summed E-state index contributed by atoms with van der Waals surface area (Å²) in [7, 11) is -4.05. The van der Waals surface area contributed by atoms with E-state index in [1.807, 2.05) is 36.6 Å². The topological polar surface area (TPSA) is 95.6 Å². The van der Waals surface area contributed by atoms with Crippen molar-refractivity contribution in [2.24, 2.45) is 0 Å². The highest BCUT2D eigenvalue weighted by Crippen LogP contribution is 2.28. The maximum atomic E-state index is 13.3. The first-order valence-corrected chi connectivity index (χ1v) is 14.0. The first kappa shape index (κ1) is 24.8. The number of hydrogen-bond donors (Lipinski definition) is 2. The quantitative estimate of drug-likeness (QED) is 0.440. The summed E-state index contributed by atoms with van der Waals surface area (Å²) in [5.74, 6) is -0.556. The molecule has 9 heteroatoms. The summed E-state index contributed by atoms with van der Waals surface area (Å²) in [5, 5.41) is 2.82. The Morgan fingerprint density at radius 1 is 0.914 bits per heavy atom. The summed E-state index contributed by atoms with van der Waals surface area (Å²) in [4.78, 5) is 28.3. The zero-order chi connectivity index (χ0) is 24.8. The van der Waals surface area contributed by atoms with Crippen molar-refractivity contribution in [1.82, 2.24) is 10.2 Å². The molecule has 35 heavy (non-hydrogen) atoms. The van der Waals surface area contributed by atoms with Crippen molar-refractivity contribution < 1.29 is 18.0 Å². The predicted octanol–water partition coefficient (Wildman–Crippen LogP) is 4.38. The minimum absolute atomic E-state index is 0.0302. The second-order valence-electron chi connectivity index (χ2n) is 8.18. The number of nitrogens with one attached hydrogen (secondary N) is 2. The number of amides is 2. The fourth-order valence-electron chi connectivity index (χ4n) is 3.96. The van der Waals surface area contributed by atoms with Crippen LogP contribution in [0, 0.1) is 0 Å². The van der Waals surface area contributed by atoms with Gasteiger partial charge in [-0.15, -0.1) is 11.8 Å². The third-order valence-electron chi connectivity index (χ3n) is 5.82. The summed E-state index contributed by atoms with van der Waals surface area (Å²) >= 11 is 1.40. The van der Waals surface area contributed by atoms with Crippen LogP contribution in [0.1, 0.15) is 39.1 Å². The van der Waals surface area contributed by atoms with Crippen LogP contribution in [0.5, 0.6) is 0 Å². The van der Waals surface area contributed by atoms with Gasteiger partial charge in [-0.1, -0.05) is 42.5 Å². The van der Waals surface area contributed by atoms with Gasteiger partial charge in [-0.25, -0.2) is 8.42 Å². The molecule has 1 heterocycles. The summed E-state index contributed by atoms with van der Waals surface area (Å²) < 4.78 is 29.1. The smallest absolute Gasteiger partial charge is 0.261 e. The molecule has 0 spiro atoms. The third-order valence-corrected chi connectivity index (χ3v) is 7.98. The molecule has 182 valence electrons. The molecule has 0 radical (unpaired) electrons. The second-order valence-corrected chi connectivity index (χ2v) is 10.7. The van der Waals surface area contributed by atoms with Gasteiger partial charge in [0.25, 0.3) is 21.8 Å². The Kier molecular flexibility index (Phi) is 7.77. The van der Waals surface area contributed by atoms with Crippen molar-refractivity contribution in [2.45, 2.75) is 29.2 Å². The highest BCUT2D eigenvalue weighted by atomic mass is 32.2. The average Bonchev–Trinajstić information content (AvgIpc) is 3.42. The maximum Gasteiger partial charge on any atom is 0.261 e. The Balaban J connectivity index is 1.57. The van der Waals surface area contributed by atoms with Crippen LogP contribution in [0.2, 0.25) is 0 Å². The van der Waals surface area contributed by atoms with Gasteiger partial charge >= 0.3 is 0 Å². The minimum atomic E-state index is -4.05. The van der Waals surface area contributed by atoms with Gasteiger partial charge in [0.2, 0.25) is 0 Å². The standard InChI is InChI=1S/C26H27N3O4S2/c1-34-24-14-13-20(17-22(24)26(31)29-15-7-8-16-29)35(32,33)28-23-12-6-5-11-21(23)25(30)27-18-19-9-3-2-4-10-19/h2-6,9-14,17,28H,7-8,15-16,18H2,1H3,(H,27,30). The van der Waals surface area contributed by atoms with Crippen molar-refractivity contribution in [3.63, 3.8) is 0 Å². The van der Waals surface area contributed by atoms with Crippen molar-refractivity contribution in [3.05, 3.63) is 89.5 Å². The van der Waals surface area contributed by atoms with Crippen LogP contribution in [-0.2, 0) is 16.6 Å². The molecule has 0 saturated carbocycles. The molecular formula is C26H27N3O4S2. The number of anilines is 1. The van der Waals surface area contributed by atoms with Crippen molar-refractivity contribution >= 4 is 39.3 Å². The van der Waals surface area contributed by atoms with Crippen molar-refractivity contribution in [3.8, 4) is 0 Å². The normalized spacial score (nSPS) is 13.5.